The Morgan fingerprint density at radius 2 is 1.84 bits per heavy atom. The maximum absolute atomic E-state index is 13.9. The molecule has 0 saturated carbocycles. The van der Waals surface area contributed by atoms with E-state index in [1.165, 1.54) is 13.2 Å². The first-order chi connectivity index (χ1) is 15.0. The molecule has 31 heavy (non-hydrogen) atoms. The molecule has 7 heteroatoms. The second-order valence-electron chi connectivity index (χ2n) is 6.63. The highest BCUT2D eigenvalue weighted by Gasteiger charge is 2.24. The van der Waals surface area contributed by atoms with Crippen molar-refractivity contribution < 1.29 is 23.4 Å². The van der Waals surface area contributed by atoms with Crippen LogP contribution < -0.4 is 9.47 Å². The smallest absolute Gasteiger partial charge is 0.363 e. The van der Waals surface area contributed by atoms with Crippen LogP contribution in [-0.2, 0) is 16.1 Å². The lowest BCUT2D eigenvalue weighted by Crippen LogP contribution is -2.05. The Kier molecular flexibility index (Phi) is 6.00. The van der Waals surface area contributed by atoms with Gasteiger partial charge in [-0.05, 0) is 54.1 Å². The van der Waals surface area contributed by atoms with E-state index >= 15 is 0 Å². The number of rotatable bonds is 6. The average molecular weight is 438 g/mol. The van der Waals surface area contributed by atoms with E-state index in [1.54, 1.807) is 66.7 Å². The van der Waals surface area contributed by atoms with Crippen LogP contribution in [0.15, 0.2) is 77.4 Å². The highest BCUT2D eigenvalue weighted by molar-refractivity contribution is 6.30. The standard InChI is InChI=1S/C24H17ClFNO4/c1-29-21-11-6-15(13-22(21)30-14-17-4-2-3-5-19(17)26)12-20-24(28)31-23(27-20)16-7-9-18(25)10-8-16/h2-13H,14H2,1H3. The van der Waals surface area contributed by atoms with Gasteiger partial charge >= 0.3 is 5.97 Å². The third kappa shape index (κ3) is 4.75. The summed E-state index contributed by atoms with van der Waals surface area (Å²) in [5, 5.41) is 0.575. The fourth-order valence-corrected chi connectivity index (χ4v) is 3.08. The van der Waals surface area contributed by atoms with E-state index in [0.717, 1.165) is 0 Å². The van der Waals surface area contributed by atoms with Gasteiger partial charge in [0.1, 0.15) is 12.4 Å². The lowest BCUT2D eigenvalue weighted by molar-refractivity contribution is -0.129. The van der Waals surface area contributed by atoms with E-state index in [0.29, 0.717) is 33.2 Å². The molecule has 5 nitrogen and oxygen atoms in total. The largest absolute Gasteiger partial charge is 0.493 e. The molecule has 1 heterocycles. The molecule has 0 saturated heterocycles. The summed E-state index contributed by atoms with van der Waals surface area (Å²) in [7, 11) is 1.51. The summed E-state index contributed by atoms with van der Waals surface area (Å²) >= 11 is 5.89. The fourth-order valence-electron chi connectivity index (χ4n) is 2.95. The van der Waals surface area contributed by atoms with Crippen molar-refractivity contribution in [1.29, 1.82) is 0 Å². The number of nitrogens with zero attached hydrogens (tertiary/aromatic N) is 1. The fraction of sp³-hybridized carbons (Fsp3) is 0.0833. The molecule has 3 aromatic carbocycles. The summed E-state index contributed by atoms with van der Waals surface area (Å²) in [5.74, 6) is 0.191. The van der Waals surface area contributed by atoms with Crippen LogP contribution in [0.2, 0.25) is 5.02 Å². The summed E-state index contributed by atoms with van der Waals surface area (Å²) in [4.78, 5) is 16.5. The van der Waals surface area contributed by atoms with Crippen LogP contribution in [0.3, 0.4) is 0 Å². The van der Waals surface area contributed by atoms with Crippen molar-refractivity contribution in [1.82, 2.24) is 0 Å². The molecule has 156 valence electrons. The molecule has 3 aromatic rings. The molecule has 0 amide bonds. The molecule has 1 aliphatic heterocycles. The van der Waals surface area contributed by atoms with E-state index in [4.69, 9.17) is 25.8 Å². The minimum absolute atomic E-state index is 0.0317. The number of carbonyl (C=O) groups is 1. The summed E-state index contributed by atoms with van der Waals surface area (Å²) in [6.45, 7) is 0.0317. The molecule has 0 aliphatic carbocycles. The predicted molar refractivity (Wildman–Crippen MR) is 116 cm³/mol. The summed E-state index contributed by atoms with van der Waals surface area (Å²) < 4.78 is 30.2. The third-order valence-corrected chi connectivity index (χ3v) is 4.80. The number of hydrogen-bond donors (Lipinski definition) is 0. The molecule has 0 fully saturated rings. The summed E-state index contributed by atoms with van der Waals surface area (Å²) in [5.41, 5.74) is 1.86. The maximum atomic E-state index is 13.9. The number of benzene rings is 3. The number of aliphatic imine (C=N–C) groups is 1. The van der Waals surface area contributed by atoms with Crippen molar-refractivity contribution in [2.75, 3.05) is 7.11 Å². The molecule has 0 aromatic heterocycles. The van der Waals surface area contributed by atoms with Crippen LogP contribution in [0.4, 0.5) is 4.39 Å². The quantitative estimate of drug-likeness (QED) is 0.382. The van der Waals surface area contributed by atoms with Crippen LogP contribution >= 0.6 is 11.6 Å². The Balaban J connectivity index is 1.58. The van der Waals surface area contributed by atoms with Crippen LogP contribution in [0.5, 0.6) is 11.5 Å². The van der Waals surface area contributed by atoms with Gasteiger partial charge in [0.05, 0.1) is 7.11 Å². The van der Waals surface area contributed by atoms with Crippen molar-refractivity contribution in [3.05, 3.63) is 100.0 Å². The zero-order chi connectivity index (χ0) is 21.8. The van der Waals surface area contributed by atoms with Crippen molar-refractivity contribution in [3.63, 3.8) is 0 Å². The van der Waals surface area contributed by atoms with E-state index < -0.39 is 5.97 Å². The first kappa shape index (κ1) is 20.6. The molecule has 4 rings (SSSR count). The lowest BCUT2D eigenvalue weighted by Gasteiger charge is -2.12. The Labute approximate surface area is 183 Å². The molecule has 0 unspecified atom stereocenters. The molecule has 0 atom stereocenters. The first-order valence-corrected chi connectivity index (χ1v) is 9.74. The zero-order valence-electron chi connectivity index (χ0n) is 16.5. The SMILES string of the molecule is COc1ccc(C=C2N=C(c3ccc(Cl)cc3)OC2=O)cc1OCc1ccccc1F. The molecule has 0 spiro atoms. The van der Waals surface area contributed by atoms with Gasteiger partial charge < -0.3 is 14.2 Å². The predicted octanol–water partition coefficient (Wildman–Crippen LogP) is 5.41. The highest BCUT2D eigenvalue weighted by Crippen LogP contribution is 2.31. The first-order valence-electron chi connectivity index (χ1n) is 9.36. The summed E-state index contributed by atoms with van der Waals surface area (Å²) in [6.07, 6.45) is 1.58. The van der Waals surface area contributed by atoms with Gasteiger partial charge in [-0.1, -0.05) is 35.9 Å². The maximum Gasteiger partial charge on any atom is 0.363 e. The third-order valence-electron chi connectivity index (χ3n) is 4.54. The molecule has 0 N–H and O–H groups in total. The second-order valence-corrected chi connectivity index (χ2v) is 7.07. The van der Waals surface area contributed by atoms with Gasteiger partial charge in [-0.2, -0.15) is 0 Å². The van der Waals surface area contributed by atoms with Crippen LogP contribution in [0, 0.1) is 5.82 Å². The van der Waals surface area contributed by atoms with E-state index in [1.807, 2.05) is 0 Å². The number of ether oxygens (including phenoxy) is 3. The normalized spacial score (nSPS) is 14.4. The molecule has 0 radical (unpaired) electrons. The van der Waals surface area contributed by atoms with Gasteiger partial charge in [-0.3, -0.25) is 0 Å². The average Bonchev–Trinajstić information content (AvgIpc) is 3.14. The van der Waals surface area contributed by atoms with Crippen LogP contribution in [-0.4, -0.2) is 19.0 Å². The van der Waals surface area contributed by atoms with Crippen molar-refractivity contribution in [2.24, 2.45) is 4.99 Å². The number of halogens is 2. The van der Waals surface area contributed by atoms with E-state index in [2.05, 4.69) is 4.99 Å². The molecule has 1 aliphatic rings. The van der Waals surface area contributed by atoms with Gasteiger partial charge in [0.15, 0.2) is 17.2 Å². The lowest BCUT2D eigenvalue weighted by atomic mass is 10.1. The number of cyclic esters (lactones) is 1. The Bertz CT molecular complexity index is 1190. The van der Waals surface area contributed by atoms with Crippen molar-refractivity contribution in [2.45, 2.75) is 6.61 Å². The number of methoxy groups -OCH3 is 1. The zero-order valence-corrected chi connectivity index (χ0v) is 17.2. The molecule has 0 bridgehead atoms. The summed E-state index contributed by atoms with van der Waals surface area (Å²) in [6, 6.07) is 18.4. The topological polar surface area (TPSA) is 57.1 Å². The van der Waals surface area contributed by atoms with Gasteiger partial charge in [-0.25, -0.2) is 14.2 Å². The van der Waals surface area contributed by atoms with Crippen LogP contribution in [0.25, 0.3) is 6.08 Å². The van der Waals surface area contributed by atoms with Gasteiger partial charge in [0.2, 0.25) is 5.90 Å². The van der Waals surface area contributed by atoms with Crippen molar-refractivity contribution in [3.8, 4) is 11.5 Å². The Morgan fingerprint density at radius 3 is 2.58 bits per heavy atom. The highest BCUT2D eigenvalue weighted by atomic mass is 35.5. The Hall–Kier alpha value is -3.64. The van der Waals surface area contributed by atoms with Gasteiger partial charge in [0, 0.05) is 16.1 Å². The number of hydrogen-bond acceptors (Lipinski definition) is 5. The Morgan fingerprint density at radius 1 is 1.06 bits per heavy atom. The number of carbonyl (C=O) groups excluding carboxylic acids is 1. The van der Waals surface area contributed by atoms with Crippen molar-refractivity contribution >= 4 is 29.5 Å². The second kappa shape index (κ2) is 9.02. The molecular weight excluding hydrogens is 421 g/mol. The molecular formula is C24H17ClFNO4. The van der Waals surface area contributed by atoms with E-state index in [9.17, 15) is 9.18 Å². The van der Waals surface area contributed by atoms with E-state index in [-0.39, 0.29) is 24.0 Å². The number of esters is 1. The van der Waals surface area contributed by atoms with Gasteiger partial charge in [0.25, 0.3) is 0 Å². The minimum atomic E-state index is -0.561. The monoisotopic (exact) mass is 437 g/mol. The minimum Gasteiger partial charge on any atom is -0.493 e. The van der Waals surface area contributed by atoms with Crippen LogP contribution in [0.1, 0.15) is 16.7 Å². The van der Waals surface area contributed by atoms with Gasteiger partial charge in [-0.15, -0.1) is 0 Å².